The second kappa shape index (κ2) is 9.65. The number of imide groups is 1. The van der Waals surface area contributed by atoms with Crippen LogP contribution in [0.15, 0.2) is 30.3 Å². The van der Waals surface area contributed by atoms with Gasteiger partial charge in [-0.2, -0.15) is 0 Å². The normalized spacial score (nSPS) is 12.4. The van der Waals surface area contributed by atoms with Crippen LogP contribution < -0.4 is 10.1 Å². The van der Waals surface area contributed by atoms with E-state index in [1.165, 1.54) is 31.4 Å². The summed E-state index contributed by atoms with van der Waals surface area (Å²) in [6, 6.07) is 6.40. The van der Waals surface area contributed by atoms with E-state index in [2.05, 4.69) is 5.32 Å². The number of nitrogens with zero attached hydrogens (tertiary/aromatic N) is 2. The quantitative estimate of drug-likeness (QED) is 0.265. The molecule has 12 heteroatoms. The van der Waals surface area contributed by atoms with Gasteiger partial charge in [0.2, 0.25) is 5.91 Å². The van der Waals surface area contributed by atoms with Crippen LogP contribution in [0.1, 0.15) is 44.4 Å². The van der Waals surface area contributed by atoms with Gasteiger partial charge in [0.05, 0.1) is 34.9 Å². The zero-order valence-corrected chi connectivity index (χ0v) is 18.3. The van der Waals surface area contributed by atoms with Crippen LogP contribution in [0.5, 0.6) is 5.75 Å². The van der Waals surface area contributed by atoms with Gasteiger partial charge in [0, 0.05) is 25.1 Å². The number of amides is 3. The summed E-state index contributed by atoms with van der Waals surface area (Å²) in [5.41, 5.74) is -0.634. The molecule has 0 unspecified atom stereocenters. The molecule has 0 atom stereocenters. The first-order valence-corrected chi connectivity index (χ1v) is 10.1. The summed E-state index contributed by atoms with van der Waals surface area (Å²) in [7, 11) is 1.33. The van der Waals surface area contributed by atoms with Crippen molar-refractivity contribution in [3.8, 4) is 5.75 Å². The molecule has 3 amide bonds. The van der Waals surface area contributed by atoms with E-state index in [-0.39, 0.29) is 52.7 Å². The summed E-state index contributed by atoms with van der Waals surface area (Å²) in [5.74, 6) is -2.66. The Morgan fingerprint density at radius 2 is 1.94 bits per heavy atom. The van der Waals surface area contributed by atoms with Gasteiger partial charge >= 0.3 is 5.97 Å². The second-order valence-corrected chi connectivity index (χ2v) is 7.18. The number of methoxy groups -OCH3 is 1. The van der Waals surface area contributed by atoms with Gasteiger partial charge in [-0.25, -0.2) is 4.79 Å². The molecule has 1 heterocycles. The number of carbonyl (C=O) groups excluding carboxylic acids is 4. The minimum atomic E-state index is -0.839. The number of rotatable bonds is 8. The summed E-state index contributed by atoms with van der Waals surface area (Å²) >= 11 is 6.17. The van der Waals surface area contributed by atoms with Crippen molar-refractivity contribution in [1.82, 2.24) is 4.90 Å². The number of nitro groups is 1. The topological polar surface area (TPSA) is 145 Å². The molecule has 1 N–H and O–H groups in total. The lowest BCUT2D eigenvalue weighted by atomic mass is 10.1. The maximum absolute atomic E-state index is 12.6. The molecule has 11 nitrogen and oxygen atoms in total. The zero-order valence-electron chi connectivity index (χ0n) is 17.5. The SMILES string of the molecule is CCOC(=O)c1cc(Cl)c(NC(=O)CCN2C(=O)c3cccc([N+](=O)[O-])c3C2=O)cc1OC. The number of benzene rings is 2. The molecule has 172 valence electrons. The van der Waals surface area contributed by atoms with Gasteiger partial charge in [0.15, 0.2) is 0 Å². The Morgan fingerprint density at radius 1 is 1.21 bits per heavy atom. The maximum Gasteiger partial charge on any atom is 0.341 e. The number of esters is 1. The molecule has 0 saturated heterocycles. The minimum absolute atomic E-state index is 0.0450. The van der Waals surface area contributed by atoms with Crippen molar-refractivity contribution < 1.29 is 33.6 Å². The number of fused-ring (bicyclic) bond motifs is 1. The largest absolute Gasteiger partial charge is 0.496 e. The summed E-state index contributed by atoms with van der Waals surface area (Å²) in [4.78, 5) is 60.8. The molecule has 0 aliphatic carbocycles. The fourth-order valence-electron chi connectivity index (χ4n) is 3.28. The third kappa shape index (κ3) is 4.62. The standard InChI is InChI=1S/C21H18ClN3O8/c1-3-33-21(29)12-9-13(22)14(10-16(12)32-2)23-17(26)7-8-24-19(27)11-5-4-6-15(25(30)31)18(11)20(24)28/h4-6,9-10H,3,7-8H2,1-2H3,(H,23,26). The first kappa shape index (κ1) is 23.7. The smallest absolute Gasteiger partial charge is 0.341 e. The molecule has 0 fully saturated rings. The van der Waals surface area contributed by atoms with Gasteiger partial charge < -0.3 is 14.8 Å². The van der Waals surface area contributed by atoms with E-state index in [0.717, 1.165) is 11.0 Å². The minimum Gasteiger partial charge on any atom is -0.496 e. The van der Waals surface area contributed by atoms with Crippen LogP contribution in [0, 0.1) is 10.1 Å². The van der Waals surface area contributed by atoms with Gasteiger partial charge in [-0.15, -0.1) is 0 Å². The van der Waals surface area contributed by atoms with Gasteiger partial charge in [-0.3, -0.25) is 29.4 Å². The molecule has 2 aromatic carbocycles. The van der Waals surface area contributed by atoms with E-state index in [0.29, 0.717) is 0 Å². The lowest BCUT2D eigenvalue weighted by Crippen LogP contribution is -2.33. The van der Waals surface area contributed by atoms with Crippen molar-refractivity contribution in [2.75, 3.05) is 25.6 Å². The third-order valence-corrected chi connectivity index (χ3v) is 5.11. The summed E-state index contributed by atoms with van der Waals surface area (Å²) in [6.07, 6.45) is -0.294. The number of carbonyl (C=O) groups is 4. The van der Waals surface area contributed by atoms with E-state index in [1.54, 1.807) is 6.92 Å². The molecule has 0 bridgehead atoms. The van der Waals surface area contributed by atoms with Gasteiger partial charge in [-0.05, 0) is 19.1 Å². The number of anilines is 1. The van der Waals surface area contributed by atoms with Gasteiger partial charge in [0.25, 0.3) is 17.5 Å². The number of nitrogens with one attached hydrogen (secondary N) is 1. The molecule has 3 rings (SSSR count). The highest BCUT2D eigenvalue weighted by Crippen LogP contribution is 2.33. The highest BCUT2D eigenvalue weighted by atomic mass is 35.5. The van der Waals surface area contributed by atoms with Crippen molar-refractivity contribution in [2.45, 2.75) is 13.3 Å². The van der Waals surface area contributed by atoms with Crippen molar-refractivity contribution in [1.29, 1.82) is 0 Å². The van der Waals surface area contributed by atoms with E-state index >= 15 is 0 Å². The average molecular weight is 476 g/mol. The fraction of sp³-hybridized carbons (Fsp3) is 0.238. The average Bonchev–Trinajstić information content (AvgIpc) is 3.03. The predicted molar refractivity (Wildman–Crippen MR) is 116 cm³/mol. The highest BCUT2D eigenvalue weighted by molar-refractivity contribution is 6.34. The Bertz CT molecular complexity index is 1180. The van der Waals surface area contributed by atoms with Crippen LogP contribution in [0.3, 0.4) is 0 Å². The number of hydrogen-bond acceptors (Lipinski definition) is 8. The van der Waals surface area contributed by atoms with Crippen molar-refractivity contribution in [2.24, 2.45) is 0 Å². The Labute approximate surface area is 192 Å². The number of nitro benzene ring substituents is 1. The van der Waals surface area contributed by atoms with Crippen LogP contribution in [0.25, 0.3) is 0 Å². The summed E-state index contributed by atoms with van der Waals surface area (Å²) in [6.45, 7) is 1.50. The van der Waals surface area contributed by atoms with E-state index < -0.39 is 34.3 Å². The molecule has 33 heavy (non-hydrogen) atoms. The lowest BCUT2D eigenvalue weighted by Gasteiger charge is -2.15. The van der Waals surface area contributed by atoms with Crippen LogP contribution in [-0.4, -0.2) is 53.8 Å². The molecule has 2 aromatic rings. The Kier molecular flexibility index (Phi) is 6.92. The van der Waals surface area contributed by atoms with Gasteiger partial charge in [0.1, 0.15) is 16.9 Å². The predicted octanol–water partition coefficient (Wildman–Crippen LogP) is 3.06. The second-order valence-electron chi connectivity index (χ2n) is 6.77. The van der Waals surface area contributed by atoms with Crippen molar-refractivity contribution in [3.63, 3.8) is 0 Å². The lowest BCUT2D eigenvalue weighted by molar-refractivity contribution is -0.385. The summed E-state index contributed by atoms with van der Waals surface area (Å²) in [5, 5.41) is 13.8. The monoisotopic (exact) mass is 475 g/mol. The summed E-state index contributed by atoms with van der Waals surface area (Å²) < 4.78 is 10.1. The van der Waals surface area contributed by atoms with Gasteiger partial charge in [-0.1, -0.05) is 17.7 Å². The first-order chi connectivity index (χ1) is 15.7. The van der Waals surface area contributed by atoms with E-state index in [9.17, 15) is 29.3 Å². The van der Waals surface area contributed by atoms with Crippen molar-refractivity contribution in [3.05, 3.63) is 62.2 Å². The number of hydrogen-bond donors (Lipinski definition) is 1. The highest BCUT2D eigenvalue weighted by Gasteiger charge is 2.40. The third-order valence-electron chi connectivity index (χ3n) is 4.79. The Balaban J connectivity index is 1.72. The molecule has 0 radical (unpaired) electrons. The molecule has 0 spiro atoms. The fourth-order valence-corrected chi connectivity index (χ4v) is 3.49. The Morgan fingerprint density at radius 3 is 2.58 bits per heavy atom. The molecule has 1 aliphatic rings. The molecule has 1 aliphatic heterocycles. The van der Waals surface area contributed by atoms with E-state index in [4.69, 9.17) is 21.1 Å². The van der Waals surface area contributed by atoms with E-state index in [1.807, 2.05) is 0 Å². The first-order valence-electron chi connectivity index (χ1n) is 9.67. The molecule has 0 aromatic heterocycles. The van der Waals surface area contributed by atoms with Crippen LogP contribution in [0.4, 0.5) is 11.4 Å². The maximum atomic E-state index is 12.6. The van der Waals surface area contributed by atoms with Crippen LogP contribution in [-0.2, 0) is 9.53 Å². The molecule has 0 saturated carbocycles. The number of ether oxygens (including phenoxy) is 2. The molecular formula is C21H18ClN3O8. The number of halogens is 1. The molecular weight excluding hydrogens is 458 g/mol. The van der Waals surface area contributed by atoms with Crippen LogP contribution >= 0.6 is 11.6 Å². The zero-order chi connectivity index (χ0) is 24.3. The Hall–Kier alpha value is -3.99. The van der Waals surface area contributed by atoms with Crippen molar-refractivity contribution >= 4 is 46.7 Å². The van der Waals surface area contributed by atoms with Crippen LogP contribution in [0.2, 0.25) is 5.02 Å².